The summed E-state index contributed by atoms with van der Waals surface area (Å²) in [5, 5.41) is 1.18. The lowest BCUT2D eigenvalue weighted by Crippen LogP contribution is -2.38. The Balaban J connectivity index is 1.66. The minimum atomic E-state index is -0.416. The number of hydrogen-bond donors (Lipinski definition) is 0. The van der Waals surface area contributed by atoms with Gasteiger partial charge in [-0.25, -0.2) is 4.39 Å². The van der Waals surface area contributed by atoms with Crippen LogP contribution in [-0.2, 0) is 4.74 Å². The Labute approximate surface area is 143 Å². The van der Waals surface area contributed by atoms with Crippen LogP contribution in [0.25, 0.3) is 10.9 Å². The summed E-state index contributed by atoms with van der Waals surface area (Å²) in [6.45, 7) is 2.05. The largest absolute Gasteiger partial charge is 0.370 e. The Morgan fingerprint density at radius 3 is 3.00 bits per heavy atom. The number of ether oxygens (including phenoxy) is 1. The van der Waals surface area contributed by atoms with Gasteiger partial charge in [-0.1, -0.05) is 17.7 Å². The van der Waals surface area contributed by atoms with E-state index in [2.05, 4.69) is 14.9 Å². The van der Waals surface area contributed by atoms with E-state index in [0.717, 1.165) is 28.7 Å². The van der Waals surface area contributed by atoms with Crippen molar-refractivity contribution in [3.8, 4) is 0 Å². The minimum Gasteiger partial charge on any atom is -0.370 e. The van der Waals surface area contributed by atoms with Gasteiger partial charge in [-0.2, -0.15) is 0 Å². The van der Waals surface area contributed by atoms with Crippen molar-refractivity contribution in [3.05, 3.63) is 65.3 Å². The van der Waals surface area contributed by atoms with E-state index in [9.17, 15) is 4.39 Å². The van der Waals surface area contributed by atoms with Gasteiger partial charge in [-0.05, 0) is 29.8 Å². The number of aromatic nitrogens is 2. The van der Waals surface area contributed by atoms with Crippen molar-refractivity contribution in [3.63, 3.8) is 0 Å². The van der Waals surface area contributed by atoms with Crippen LogP contribution in [0.4, 0.5) is 10.1 Å². The van der Waals surface area contributed by atoms with Gasteiger partial charge in [0.15, 0.2) is 0 Å². The van der Waals surface area contributed by atoms with E-state index in [0.29, 0.717) is 13.2 Å². The molecule has 1 aromatic carbocycles. The fourth-order valence-electron chi connectivity index (χ4n) is 3.04. The summed E-state index contributed by atoms with van der Waals surface area (Å²) >= 11 is 5.91. The van der Waals surface area contributed by atoms with E-state index in [-0.39, 0.29) is 11.1 Å². The van der Waals surface area contributed by atoms with Crippen LogP contribution in [-0.4, -0.2) is 29.7 Å². The Morgan fingerprint density at radius 1 is 1.21 bits per heavy atom. The van der Waals surface area contributed by atoms with Crippen molar-refractivity contribution >= 4 is 28.2 Å². The lowest BCUT2D eigenvalue weighted by molar-refractivity contribution is 0.0398. The predicted molar refractivity (Wildman–Crippen MR) is 91.9 cm³/mol. The molecular weight excluding hydrogens is 329 g/mol. The van der Waals surface area contributed by atoms with E-state index < -0.39 is 5.82 Å². The summed E-state index contributed by atoms with van der Waals surface area (Å²) in [5.41, 5.74) is 2.85. The van der Waals surface area contributed by atoms with Gasteiger partial charge in [0.2, 0.25) is 0 Å². The topological polar surface area (TPSA) is 38.2 Å². The van der Waals surface area contributed by atoms with Gasteiger partial charge in [-0.3, -0.25) is 9.97 Å². The van der Waals surface area contributed by atoms with Crippen LogP contribution in [0.3, 0.4) is 0 Å². The monoisotopic (exact) mass is 343 g/mol. The summed E-state index contributed by atoms with van der Waals surface area (Å²) < 4.78 is 19.3. The number of morpholine rings is 1. The van der Waals surface area contributed by atoms with Gasteiger partial charge in [0.25, 0.3) is 0 Å². The van der Waals surface area contributed by atoms with Gasteiger partial charge in [-0.15, -0.1) is 0 Å². The molecule has 1 aliphatic rings. The molecular formula is C18H15ClFN3O. The van der Waals surface area contributed by atoms with Gasteiger partial charge in [0, 0.05) is 36.6 Å². The molecule has 1 atom stereocenters. The number of nitrogens with zero attached hydrogens (tertiary/aromatic N) is 3. The molecule has 3 aromatic rings. The molecule has 24 heavy (non-hydrogen) atoms. The molecule has 0 aliphatic carbocycles. The van der Waals surface area contributed by atoms with Crippen LogP contribution in [0.15, 0.2) is 48.9 Å². The highest BCUT2D eigenvalue weighted by Gasteiger charge is 2.24. The van der Waals surface area contributed by atoms with Gasteiger partial charge >= 0.3 is 0 Å². The van der Waals surface area contributed by atoms with Crippen LogP contribution >= 0.6 is 11.6 Å². The Bertz CT molecular complexity index is 884. The van der Waals surface area contributed by atoms with Crippen molar-refractivity contribution in [2.45, 2.75) is 6.10 Å². The van der Waals surface area contributed by atoms with Crippen molar-refractivity contribution in [2.24, 2.45) is 0 Å². The summed E-state index contributed by atoms with van der Waals surface area (Å²) in [4.78, 5) is 10.7. The third-order valence-electron chi connectivity index (χ3n) is 4.24. The molecule has 3 heterocycles. The summed E-state index contributed by atoms with van der Waals surface area (Å²) in [7, 11) is 0. The van der Waals surface area contributed by atoms with E-state index >= 15 is 0 Å². The number of pyridine rings is 2. The second-order valence-corrected chi connectivity index (χ2v) is 6.11. The maximum atomic E-state index is 13.4. The lowest BCUT2D eigenvalue weighted by atomic mass is 10.1. The molecule has 4 rings (SSSR count). The maximum Gasteiger partial charge on any atom is 0.141 e. The van der Waals surface area contributed by atoms with Gasteiger partial charge in [0.1, 0.15) is 11.9 Å². The normalized spacial score (nSPS) is 18.1. The average molecular weight is 344 g/mol. The highest BCUT2D eigenvalue weighted by atomic mass is 35.5. The lowest BCUT2D eigenvalue weighted by Gasteiger charge is -2.35. The molecule has 0 saturated carbocycles. The van der Waals surface area contributed by atoms with Crippen molar-refractivity contribution in [1.29, 1.82) is 0 Å². The first-order valence-electron chi connectivity index (χ1n) is 7.72. The molecule has 4 nitrogen and oxygen atoms in total. The second kappa shape index (κ2) is 6.34. The molecule has 1 unspecified atom stereocenters. The van der Waals surface area contributed by atoms with Crippen LogP contribution in [0.1, 0.15) is 11.7 Å². The zero-order valence-corrected chi connectivity index (χ0v) is 13.6. The minimum absolute atomic E-state index is 0.119. The number of fused-ring (bicyclic) bond motifs is 1. The highest BCUT2D eigenvalue weighted by Crippen LogP contribution is 2.31. The first-order chi connectivity index (χ1) is 11.7. The summed E-state index contributed by atoms with van der Waals surface area (Å²) in [5.74, 6) is -0.416. The van der Waals surface area contributed by atoms with Crippen LogP contribution < -0.4 is 4.90 Å². The number of hydrogen-bond acceptors (Lipinski definition) is 4. The average Bonchev–Trinajstić information content (AvgIpc) is 2.63. The van der Waals surface area contributed by atoms with Crippen molar-refractivity contribution in [1.82, 2.24) is 9.97 Å². The molecule has 0 N–H and O–H groups in total. The Hall–Kier alpha value is -2.24. The Morgan fingerprint density at radius 2 is 2.12 bits per heavy atom. The van der Waals surface area contributed by atoms with Gasteiger partial charge in [0.05, 0.1) is 23.3 Å². The van der Waals surface area contributed by atoms with E-state index in [1.54, 1.807) is 30.7 Å². The van der Waals surface area contributed by atoms with E-state index in [1.807, 2.05) is 12.1 Å². The molecule has 0 spiro atoms. The molecule has 1 fully saturated rings. The molecule has 6 heteroatoms. The first-order valence-corrected chi connectivity index (χ1v) is 8.10. The van der Waals surface area contributed by atoms with E-state index in [1.165, 1.54) is 6.07 Å². The second-order valence-electron chi connectivity index (χ2n) is 5.70. The van der Waals surface area contributed by atoms with Crippen molar-refractivity contribution in [2.75, 3.05) is 24.6 Å². The number of benzene rings is 1. The van der Waals surface area contributed by atoms with Crippen LogP contribution in [0.5, 0.6) is 0 Å². The Kier molecular flexibility index (Phi) is 4.04. The fraction of sp³-hybridized carbons (Fsp3) is 0.222. The molecule has 2 aromatic heterocycles. The standard InChI is InChI=1S/C18H15ClFN3O/c19-14-9-12(1-2-15(14)20)18-11-23(7-8-24-18)17-4-6-22-16-10-21-5-3-13(16)17/h1-6,9-10,18H,7-8,11H2. The predicted octanol–water partition coefficient (Wildman–Crippen LogP) is 4.00. The molecule has 1 aliphatic heterocycles. The maximum absolute atomic E-state index is 13.4. The van der Waals surface area contributed by atoms with E-state index in [4.69, 9.17) is 16.3 Å². The fourth-order valence-corrected chi connectivity index (χ4v) is 3.23. The number of halogens is 2. The highest BCUT2D eigenvalue weighted by molar-refractivity contribution is 6.30. The zero-order valence-electron chi connectivity index (χ0n) is 12.8. The first kappa shape index (κ1) is 15.3. The third-order valence-corrected chi connectivity index (χ3v) is 4.53. The number of anilines is 1. The molecule has 1 saturated heterocycles. The molecule has 122 valence electrons. The number of rotatable bonds is 2. The zero-order chi connectivity index (χ0) is 16.5. The van der Waals surface area contributed by atoms with Crippen LogP contribution in [0.2, 0.25) is 5.02 Å². The van der Waals surface area contributed by atoms with Crippen LogP contribution in [0, 0.1) is 5.82 Å². The summed E-state index contributed by atoms with van der Waals surface area (Å²) in [6.07, 6.45) is 5.17. The molecule has 0 amide bonds. The summed E-state index contributed by atoms with van der Waals surface area (Å²) in [6, 6.07) is 8.72. The SMILES string of the molecule is Fc1ccc(C2CN(c3ccnc4cnccc34)CCO2)cc1Cl. The smallest absolute Gasteiger partial charge is 0.141 e. The quantitative estimate of drug-likeness (QED) is 0.705. The van der Waals surface area contributed by atoms with Crippen molar-refractivity contribution < 1.29 is 9.13 Å². The molecule has 0 radical (unpaired) electrons. The van der Waals surface area contributed by atoms with Gasteiger partial charge < -0.3 is 9.64 Å². The third kappa shape index (κ3) is 2.81. The molecule has 0 bridgehead atoms.